The maximum atomic E-state index is 12.0. The minimum atomic E-state index is -3.82. The van der Waals surface area contributed by atoms with Gasteiger partial charge in [-0.1, -0.05) is 30.3 Å². The van der Waals surface area contributed by atoms with Crippen LogP contribution in [0.4, 0.5) is 0 Å². The van der Waals surface area contributed by atoms with Crippen molar-refractivity contribution in [3.05, 3.63) is 60.2 Å². The highest BCUT2D eigenvalue weighted by molar-refractivity contribution is 7.87. The van der Waals surface area contributed by atoms with Gasteiger partial charge in [-0.05, 0) is 36.8 Å². The second-order valence-corrected chi connectivity index (χ2v) is 5.82. The maximum absolute atomic E-state index is 12.0. The van der Waals surface area contributed by atoms with Crippen molar-refractivity contribution in [3.8, 4) is 11.8 Å². The largest absolute Gasteiger partial charge is 0.379 e. The van der Waals surface area contributed by atoms with Gasteiger partial charge in [0.2, 0.25) is 0 Å². The molecule has 1 atom stereocenters. The van der Waals surface area contributed by atoms with Gasteiger partial charge in [0.1, 0.15) is 10.6 Å². The summed E-state index contributed by atoms with van der Waals surface area (Å²) in [7, 11) is -3.82. The van der Waals surface area contributed by atoms with Crippen LogP contribution in [0.1, 0.15) is 18.4 Å². The minimum absolute atomic E-state index is 0.106. The van der Waals surface area contributed by atoms with Crippen LogP contribution in [0.3, 0.4) is 0 Å². The minimum Gasteiger partial charge on any atom is -0.379 e. The van der Waals surface area contributed by atoms with E-state index in [-0.39, 0.29) is 16.6 Å². The first kappa shape index (κ1) is 14.1. The quantitative estimate of drug-likeness (QED) is 0.810. The van der Waals surface area contributed by atoms with Gasteiger partial charge in [-0.15, -0.1) is 0 Å². The molecule has 5 heteroatoms. The molecule has 102 valence electrons. The molecule has 0 bridgehead atoms. The van der Waals surface area contributed by atoms with Gasteiger partial charge >= 0.3 is 10.1 Å². The lowest BCUT2D eigenvalue weighted by atomic mass is 10.0. The van der Waals surface area contributed by atoms with Crippen LogP contribution in [0.25, 0.3) is 0 Å². The van der Waals surface area contributed by atoms with Crippen molar-refractivity contribution < 1.29 is 12.6 Å². The van der Waals surface area contributed by atoms with E-state index in [1.807, 2.05) is 0 Å². The van der Waals surface area contributed by atoms with E-state index in [2.05, 4.69) is 6.07 Å². The normalized spacial score (nSPS) is 12.4. The van der Waals surface area contributed by atoms with Gasteiger partial charge in [-0.25, -0.2) is 0 Å². The Bertz CT molecular complexity index is 716. The van der Waals surface area contributed by atoms with Gasteiger partial charge in [-0.3, -0.25) is 0 Å². The summed E-state index contributed by atoms with van der Waals surface area (Å²) in [6, 6.07) is 16.5. The van der Waals surface area contributed by atoms with E-state index in [4.69, 9.17) is 9.44 Å². The number of nitriles is 1. The van der Waals surface area contributed by atoms with Crippen molar-refractivity contribution in [2.24, 2.45) is 0 Å². The molecule has 4 nitrogen and oxygen atoms in total. The summed E-state index contributed by atoms with van der Waals surface area (Å²) in [6.45, 7) is 1.77. The molecule has 2 rings (SSSR count). The highest BCUT2D eigenvalue weighted by atomic mass is 32.2. The first-order valence-electron chi connectivity index (χ1n) is 6.02. The van der Waals surface area contributed by atoms with Gasteiger partial charge in [0.15, 0.2) is 0 Å². The molecule has 0 spiro atoms. The second-order valence-electron chi connectivity index (χ2n) is 4.27. The van der Waals surface area contributed by atoms with Gasteiger partial charge in [0, 0.05) is 0 Å². The van der Waals surface area contributed by atoms with Crippen LogP contribution < -0.4 is 4.18 Å². The second kappa shape index (κ2) is 5.76. The van der Waals surface area contributed by atoms with E-state index >= 15 is 0 Å². The third kappa shape index (κ3) is 3.16. The van der Waals surface area contributed by atoms with Crippen molar-refractivity contribution >= 4 is 10.1 Å². The van der Waals surface area contributed by atoms with E-state index < -0.39 is 10.1 Å². The van der Waals surface area contributed by atoms with Gasteiger partial charge in [0.05, 0.1) is 12.0 Å². The van der Waals surface area contributed by atoms with Gasteiger partial charge in [-0.2, -0.15) is 13.7 Å². The summed E-state index contributed by atoms with van der Waals surface area (Å²) in [4.78, 5) is 0.106. The lowest BCUT2D eigenvalue weighted by molar-refractivity contribution is 0.486. The monoisotopic (exact) mass is 287 g/mol. The lowest BCUT2D eigenvalue weighted by Gasteiger charge is -2.08. The maximum Gasteiger partial charge on any atom is 0.339 e. The molecular weight excluding hydrogens is 274 g/mol. The molecule has 0 saturated heterocycles. The number of nitrogens with zero attached hydrogens (tertiary/aromatic N) is 1. The van der Waals surface area contributed by atoms with Crippen LogP contribution in [0.15, 0.2) is 59.5 Å². The van der Waals surface area contributed by atoms with Gasteiger partial charge < -0.3 is 4.18 Å². The third-order valence-electron chi connectivity index (χ3n) is 2.81. The molecule has 0 heterocycles. The molecule has 0 N–H and O–H groups in total. The zero-order chi connectivity index (χ0) is 14.6. The highest BCUT2D eigenvalue weighted by Gasteiger charge is 2.16. The molecule has 20 heavy (non-hydrogen) atoms. The summed E-state index contributed by atoms with van der Waals surface area (Å²) in [5.41, 5.74) is 0.817. The molecule has 0 fully saturated rings. The summed E-state index contributed by atoms with van der Waals surface area (Å²) in [6.07, 6.45) is 0. The topological polar surface area (TPSA) is 67.2 Å². The van der Waals surface area contributed by atoms with E-state index in [9.17, 15) is 8.42 Å². The van der Waals surface area contributed by atoms with E-state index in [1.54, 1.807) is 49.4 Å². The van der Waals surface area contributed by atoms with Crippen molar-refractivity contribution in [1.29, 1.82) is 5.26 Å². The van der Waals surface area contributed by atoms with Crippen molar-refractivity contribution in [2.45, 2.75) is 17.7 Å². The summed E-state index contributed by atoms with van der Waals surface area (Å²) >= 11 is 0. The molecule has 0 radical (unpaired) electrons. The number of benzene rings is 2. The Hall–Kier alpha value is -2.32. The average Bonchev–Trinajstić information content (AvgIpc) is 2.48. The third-order valence-corrected chi connectivity index (χ3v) is 4.07. The van der Waals surface area contributed by atoms with Crippen LogP contribution in [0.2, 0.25) is 0 Å². The Morgan fingerprint density at radius 3 is 2.20 bits per heavy atom. The first-order chi connectivity index (χ1) is 9.53. The van der Waals surface area contributed by atoms with Crippen LogP contribution in [-0.2, 0) is 10.1 Å². The van der Waals surface area contributed by atoms with E-state index in [1.165, 1.54) is 12.1 Å². The molecule has 0 aliphatic carbocycles. The fourth-order valence-electron chi connectivity index (χ4n) is 1.65. The Morgan fingerprint density at radius 1 is 1.05 bits per heavy atom. The fourth-order valence-corrected chi connectivity index (χ4v) is 2.60. The predicted molar refractivity (Wildman–Crippen MR) is 74.7 cm³/mol. The molecule has 0 amide bonds. The van der Waals surface area contributed by atoms with Crippen molar-refractivity contribution in [1.82, 2.24) is 0 Å². The standard InChI is InChI=1S/C15H13NO3S/c1-12(11-16)13-7-9-14(10-8-13)19-20(17,18)15-5-3-2-4-6-15/h2-10,12H,1H3. The molecule has 2 aromatic rings. The zero-order valence-electron chi connectivity index (χ0n) is 10.9. The van der Waals surface area contributed by atoms with Crippen LogP contribution in [0.5, 0.6) is 5.75 Å². The fraction of sp³-hybridized carbons (Fsp3) is 0.133. The molecular formula is C15H13NO3S. The Morgan fingerprint density at radius 2 is 1.65 bits per heavy atom. The van der Waals surface area contributed by atoms with Crippen LogP contribution in [0, 0.1) is 11.3 Å². The molecule has 0 aromatic heterocycles. The van der Waals surface area contributed by atoms with E-state index in [0.717, 1.165) is 5.56 Å². The number of rotatable bonds is 4. The number of hydrogen-bond acceptors (Lipinski definition) is 4. The van der Waals surface area contributed by atoms with Crippen molar-refractivity contribution in [2.75, 3.05) is 0 Å². The zero-order valence-corrected chi connectivity index (χ0v) is 11.7. The van der Waals surface area contributed by atoms with Gasteiger partial charge in [0.25, 0.3) is 0 Å². The smallest absolute Gasteiger partial charge is 0.339 e. The SMILES string of the molecule is CC(C#N)c1ccc(OS(=O)(=O)c2ccccc2)cc1. The van der Waals surface area contributed by atoms with Crippen molar-refractivity contribution in [3.63, 3.8) is 0 Å². The summed E-state index contributed by atoms with van der Waals surface area (Å²) in [5, 5.41) is 8.82. The molecule has 2 aromatic carbocycles. The molecule has 0 aliphatic rings. The molecule has 1 unspecified atom stereocenters. The van der Waals surface area contributed by atoms with Crippen LogP contribution in [-0.4, -0.2) is 8.42 Å². The average molecular weight is 287 g/mol. The van der Waals surface area contributed by atoms with Crippen LogP contribution >= 0.6 is 0 Å². The Kier molecular flexibility index (Phi) is 4.06. The molecule has 0 saturated carbocycles. The predicted octanol–water partition coefficient (Wildman–Crippen LogP) is 3.08. The lowest BCUT2D eigenvalue weighted by Crippen LogP contribution is -2.09. The Labute approximate surface area is 118 Å². The number of hydrogen-bond donors (Lipinski definition) is 0. The Balaban J connectivity index is 2.21. The first-order valence-corrected chi connectivity index (χ1v) is 7.43. The molecule has 0 aliphatic heterocycles. The summed E-state index contributed by atoms with van der Waals surface area (Å²) < 4.78 is 29.0. The summed E-state index contributed by atoms with van der Waals surface area (Å²) in [5.74, 6) is -0.0162. The van der Waals surface area contributed by atoms with E-state index in [0.29, 0.717) is 0 Å². The highest BCUT2D eigenvalue weighted by Crippen LogP contribution is 2.21.